The fourth-order valence-electron chi connectivity index (χ4n) is 2.83. The van der Waals surface area contributed by atoms with E-state index in [4.69, 9.17) is 16.7 Å². The predicted octanol–water partition coefficient (Wildman–Crippen LogP) is 2.30. The van der Waals surface area contributed by atoms with Crippen LogP contribution < -0.4 is 10.2 Å². The van der Waals surface area contributed by atoms with Crippen molar-refractivity contribution in [1.29, 1.82) is 0 Å². The Kier molecular flexibility index (Phi) is 3.98. The second kappa shape index (κ2) is 5.92. The monoisotopic (exact) mass is 321 g/mol. The summed E-state index contributed by atoms with van der Waals surface area (Å²) in [6.07, 6.45) is 2.20. The fraction of sp³-hybridized carbons (Fsp3) is 0.429. The normalized spacial score (nSPS) is 21.8. The van der Waals surface area contributed by atoms with Crippen molar-refractivity contribution in [2.24, 2.45) is 0 Å². The second-order valence-electron chi connectivity index (χ2n) is 5.42. The van der Waals surface area contributed by atoms with Gasteiger partial charge in [-0.2, -0.15) is 0 Å². The van der Waals surface area contributed by atoms with Crippen molar-refractivity contribution < 1.29 is 9.90 Å². The van der Waals surface area contributed by atoms with Crippen molar-refractivity contribution in [3.05, 3.63) is 23.5 Å². The predicted molar refractivity (Wildman–Crippen MR) is 83.3 cm³/mol. The highest BCUT2D eigenvalue weighted by molar-refractivity contribution is 6.29. The Morgan fingerprint density at radius 3 is 3.00 bits per heavy atom. The Hall–Kier alpha value is -2.15. The highest BCUT2D eigenvalue weighted by Crippen LogP contribution is 2.24. The van der Waals surface area contributed by atoms with Crippen molar-refractivity contribution in [3.8, 4) is 0 Å². The smallest absolute Gasteiger partial charge is 0.404 e. The summed E-state index contributed by atoms with van der Waals surface area (Å²) in [6, 6.07) is 3.65. The van der Waals surface area contributed by atoms with Gasteiger partial charge in [0.25, 0.3) is 0 Å². The number of anilines is 1. The number of hydrogen-bond donors (Lipinski definition) is 2. The molecule has 8 heteroatoms. The number of rotatable bonds is 2. The maximum absolute atomic E-state index is 10.7. The molecule has 22 heavy (non-hydrogen) atoms. The molecule has 0 aliphatic carbocycles. The van der Waals surface area contributed by atoms with E-state index >= 15 is 0 Å². The molecule has 0 radical (unpaired) electrons. The molecular weight excluding hydrogens is 306 g/mol. The van der Waals surface area contributed by atoms with Crippen LogP contribution in [0.2, 0.25) is 5.15 Å². The lowest BCUT2D eigenvalue weighted by Gasteiger charge is -2.38. The quantitative estimate of drug-likeness (QED) is 0.825. The van der Waals surface area contributed by atoms with Gasteiger partial charge in [0.05, 0.1) is 6.20 Å². The first kappa shape index (κ1) is 14.8. The molecule has 1 fully saturated rings. The van der Waals surface area contributed by atoms with E-state index in [1.54, 1.807) is 18.3 Å². The zero-order valence-corrected chi connectivity index (χ0v) is 12.8. The van der Waals surface area contributed by atoms with Crippen LogP contribution in [0.15, 0.2) is 18.3 Å². The van der Waals surface area contributed by atoms with Crippen molar-refractivity contribution in [3.63, 3.8) is 0 Å². The second-order valence-corrected chi connectivity index (χ2v) is 5.81. The number of nitrogens with zero attached hydrogens (tertiary/aromatic N) is 4. The lowest BCUT2D eigenvalue weighted by molar-refractivity contribution is 0.186. The van der Waals surface area contributed by atoms with E-state index in [0.717, 1.165) is 25.2 Å². The summed E-state index contributed by atoms with van der Waals surface area (Å²) in [5.74, 6) is 0.776. The standard InChI is InChI=1S/C14H16ClN5O2/c1-8-6-9(17-14(21)22)4-5-20(8)12-7-16-13-10(18-12)2-3-11(15)19-13/h2-3,7-9,17H,4-6H2,1H3,(H,21,22)/t8-,9-/m1/s1. The van der Waals surface area contributed by atoms with Gasteiger partial charge in [0.1, 0.15) is 16.5 Å². The molecule has 1 aliphatic rings. The molecule has 2 atom stereocenters. The lowest BCUT2D eigenvalue weighted by Crippen LogP contribution is -2.49. The topological polar surface area (TPSA) is 91.2 Å². The molecule has 0 aromatic carbocycles. The lowest BCUT2D eigenvalue weighted by atomic mass is 9.98. The molecule has 1 amide bonds. The summed E-state index contributed by atoms with van der Waals surface area (Å²) in [5, 5.41) is 11.8. The number of amides is 1. The Morgan fingerprint density at radius 1 is 1.45 bits per heavy atom. The molecule has 1 saturated heterocycles. The minimum Gasteiger partial charge on any atom is -0.465 e. The molecule has 0 unspecified atom stereocenters. The maximum atomic E-state index is 10.7. The van der Waals surface area contributed by atoms with E-state index in [2.05, 4.69) is 32.1 Å². The van der Waals surface area contributed by atoms with E-state index in [-0.39, 0.29) is 12.1 Å². The fourth-order valence-corrected chi connectivity index (χ4v) is 2.97. The van der Waals surface area contributed by atoms with Gasteiger partial charge in [-0.05, 0) is 31.9 Å². The van der Waals surface area contributed by atoms with Crippen molar-refractivity contribution in [1.82, 2.24) is 20.3 Å². The van der Waals surface area contributed by atoms with Crippen LogP contribution in [0.3, 0.4) is 0 Å². The van der Waals surface area contributed by atoms with Gasteiger partial charge >= 0.3 is 6.09 Å². The number of pyridine rings is 1. The number of nitrogens with one attached hydrogen (secondary N) is 1. The summed E-state index contributed by atoms with van der Waals surface area (Å²) < 4.78 is 0. The molecular formula is C14H16ClN5O2. The molecule has 116 valence electrons. The van der Waals surface area contributed by atoms with Gasteiger partial charge in [-0.1, -0.05) is 11.6 Å². The molecule has 2 aromatic heterocycles. The zero-order chi connectivity index (χ0) is 15.7. The zero-order valence-electron chi connectivity index (χ0n) is 12.0. The van der Waals surface area contributed by atoms with Gasteiger partial charge in [0, 0.05) is 18.6 Å². The van der Waals surface area contributed by atoms with Crippen LogP contribution in [-0.4, -0.2) is 44.8 Å². The molecule has 2 N–H and O–H groups in total. The van der Waals surface area contributed by atoms with E-state index < -0.39 is 6.09 Å². The molecule has 0 spiro atoms. The summed E-state index contributed by atoms with van der Waals surface area (Å²) in [6.45, 7) is 2.79. The summed E-state index contributed by atoms with van der Waals surface area (Å²) >= 11 is 5.84. The molecule has 2 aromatic rings. The Labute approximate surface area is 132 Å². The largest absolute Gasteiger partial charge is 0.465 e. The molecule has 0 bridgehead atoms. The van der Waals surface area contributed by atoms with E-state index in [1.165, 1.54) is 0 Å². The third-order valence-electron chi connectivity index (χ3n) is 3.86. The summed E-state index contributed by atoms with van der Waals surface area (Å²) in [5.41, 5.74) is 1.21. The van der Waals surface area contributed by atoms with E-state index in [1.807, 2.05) is 0 Å². The third-order valence-corrected chi connectivity index (χ3v) is 4.07. The van der Waals surface area contributed by atoms with Gasteiger partial charge in [-0.3, -0.25) is 0 Å². The van der Waals surface area contributed by atoms with Crippen LogP contribution >= 0.6 is 11.6 Å². The first-order chi connectivity index (χ1) is 10.5. The Bertz CT molecular complexity index is 711. The van der Waals surface area contributed by atoms with E-state index in [0.29, 0.717) is 16.3 Å². The van der Waals surface area contributed by atoms with Gasteiger partial charge in [0.2, 0.25) is 0 Å². The molecule has 0 saturated carbocycles. The van der Waals surface area contributed by atoms with Crippen LogP contribution in [0, 0.1) is 0 Å². The van der Waals surface area contributed by atoms with E-state index in [9.17, 15) is 4.79 Å². The first-order valence-corrected chi connectivity index (χ1v) is 7.46. The van der Waals surface area contributed by atoms with Crippen LogP contribution in [0.1, 0.15) is 19.8 Å². The minimum atomic E-state index is -0.973. The van der Waals surface area contributed by atoms with Crippen LogP contribution in [0.4, 0.5) is 10.6 Å². The molecule has 1 aliphatic heterocycles. The highest BCUT2D eigenvalue weighted by Gasteiger charge is 2.27. The first-order valence-electron chi connectivity index (χ1n) is 7.08. The average Bonchev–Trinajstić information content (AvgIpc) is 2.46. The molecule has 7 nitrogen and oxygen atoms in total. The summed E-state index contributed by atoms with van der Waals surface area (Å²) in [7, 11) is 0. The van der Waals surface area contributed by atoms with Crippen molar-refractivity contribution >= 4 is 34.7 Å². The third kappa shape index (κ3) is 3.04. The number of halogens is 1. The number of aromatic nitrogens is 3. The minimum absolute atomic E-state index is 0.0161. The van der Waals surface area contributed by atoms with Gasteiger partial charge in [0.15, 0.2) is 5.65 Å². The average molecular weight is 322 g/mol. The van der Waals surface area contributed by atoms with Crippen LogP contribution in [0.5, 0.6) is 0 Å². The van der Waals surface area contributed by atoms with Crippen molar-refractivity contribution in [2.45, 2.75) is 31.8 Å². The number of piperidine rings is 1. The van der Waals surface area contributed by atoms with Gasteiger partial charge < -0.3 is 15.3 Å². The SMILES string of the molecule is C[C@@H]1C[C@H](NC(=O)O)CCN1c1cnc2nc(Cl)ccc2n1. The highest BCUT2D eigenvalue weighted by atomic mass is 35.5. The Balaban J connectivity index is 1.79. The maximum Gasteiger partial charge on any atom is 0.404 e. The Morgan fingerprint density at radius 2 is 2.27 bits per heavy atom. The number of hydrogen-bond acceptors (Lipinski definition) is 5. The summed E-state index contributed by atoms with van der Waals surface area (Å²) in [4.78, 5) is 25.9. The number of carbonyl (C=O) groups is 1. The van der Waals surface area contributed by atoms with Gasteiger partial charge in [-0.15, -0.1) is 0 Å². The molecule has 3 heterocycles. The van der Waals surface area contributed by atoms with Crippen LogP contribution in [0.25, 0.3) is 11.2 Å². The molecule has 3 rings (SSSR count). The van der Waals surface area contributed by atoms with Gasteiger partial charge in [-0.25, -0.2) is 19.7 Å². The number of fused-ring (bicyclic) bond motifs is 1. The van der Waals surface area contributed by atoms with Crippen LogP contribution in [-0.2, 0) is 0 Å². The number of carboxylic acid groups (broad SMARTS) is 1. The van der Waals surface area contributed by atoms with Crippen molar-refractivity contribution in [2.75, 3.05) is 11.4 Å².